The van der Waals surface area contributed by atoms with Crippen LogP contribution in [0.15, 0.2) is 18.2 Å². The van der Waals surface area contributed by atoms with Crippen LogP contribution in [0.4, 0.5) is 0 Å². The number of benzene rings is 1. The van der Waals surface area contributed by atoms with Gasteiger partial charge in [-0.05, 0) is 24.1 Å². The molecule has 0 bridgehead atoms. The summed E-state index contributed by atoms with van der Waals surface area (Å²) in [6.45, 7) is 3.78. The van der Waals surface area contributed by atoms with Crippen LogP contribution in [0.3, 0.4) is 0 Å². The van der Waals surface area contributed by atoms with Crippen molar-refractivity contribution in [2.24, 2.45) is 0 Å². The van der Waals surface area contributed by atoms with Gasteiger partial charge in [0.1, 0.15) is 5.75 Å². The van der Waals surface area contributed by atoms with Crippen LogP contribution in [0.1, 0.15) is 25.3 Å². The van der Waals surface area contributed by atoms with E-state index in [0.29, 0.717) is 5.02 Å². The number of halogens is 1. The van der Waals surface area contributed by atoms with E-state index in [2.05, 4.69) is 18.7 Å². The van der Waals surface area contributed by atoms with Crippen LogP contribution in [-0.4, -0.2) is 13.2 Å². The van der Waals surface area contributed by atoms with Crippen LogP contribution in [0.25, 0.3) is 0 Å². The summed E-state index contributed by atoms with van der Waals surface area (Å²) < 4.78 is 5.56. The summed E-state index contributed by atoms with van der Waals surface area (Å²) in [5, 5.41) is 0.706. The summed E-state index contributed by atoms with van der Waals surface area (Å²) in [5.41, 5.74) is 5.04. The fourth-order valence-corrected chi connectivity index (χ4v) is 1.61. The zero-order valence-electron chi connectivity index (χ0n) is 9.26. The summed E-state index contributed by atoms with van der Waals surface area (Å²) >= 11 is 6.10. The van der Waals surface area contributed by atoms with Crippen molar-refractivity contribution in [2.75, 3.05) is 13.2 Å². The Balaban J connectivity index is 2.58. The molecular weight excluding hydrogens is 210 g/mol. The van der Waals surface area contributed by atoms with E-state index in [1.54, 1.807) is 0 Å². The molecule has 0 aliphatic heterocycles. The predicted octanol–water partition coefficient (Wildman–Crippen LogP) is 2.30. The van der Waals surface area contributed by atoms with Gasteiger partial charge in [-0.1, -0.05) is 31.0 Å². The molecule has 0 saturated heterocycles. The topological polar surface area (TPSA) is 36.9 Å². The van der Waals surface area contributed by atoms with Crippen LogP contribution in [0.5, 0.6) is 5.75 Å². The van der Waals surface area contributed by atoms with Crippen LogP contribution in [-0.2, 0) is 6.42 Å². The number of unbranched alkanes of at least 4 members (excludes halogenated alkanes) is 1. The molecule has 0 atom stereocenters. The van der Waals surface area contributed by atoms with Crippen LogP contribution in [0, 0.1) is 0 Å². The predicted molar refractivity (Wildman–Crippen MR) is 63.3 cm³/mol. The van der Waals surface area contributed by atoms with Gasteiger partial charge in [0.05, 0.1) is 18.2 Å². The van der Waals surface area contributed by atoms with Crippen molar-refractivity contribution >= 4 is 11.6 Å². The highest BCUT2D eigenvalue weighted by Gasteiger charge is 2.02. The molecule has 0 aliphatic rings. The highest BCUT2D eigenvalue weighted by atomic mass is 35.5. The maximum absolute atomic E-state index is 6.10. The molecule has 3 heteroatoms. The monoisotopic (exact) mass is 228 g/mol. The molecule has 0 saturated carbocycles. The molecule has 0 heterocycles. The number of rotatable bonds is 6. The van der Waals surface area contributed by atoms with Crippen LogP contribution < -0.4 is 10.5 Å². The second-order valence-corrected chi connectivity index (χ2v) is 3.98. The first-order chi connectivity index (χ1) is 7.27. The fraction of sp³-hybridized carbons (Fsp3) is 0.500. The summed E-state index contributed by atoms with van der Waals surface area (Å²) in [6, 6.07) is 5.97. The summed E-state index contributed by atoms with van der Waals surface area (Å²) in [6.07, 6.45) is 3.17. The standard InChI is InChI=1S/C12H18ClNO/c1-2-3-8-15-12-5-4-10(6-7-14)9-11(12)13/h4-5,9H,2-3,6-8,14H2,1H3/p+1. The molecule has 1 aromatic rings. The molecular formula is C12H19ClNO+. The van der Waals surface area contributed by atoms with Gasteiger partial charge in [0.2, 0.25) is 0 Å². The molecule has 0 aromatic heterocycles. The van der Waals surface area contributed by atoms with Crippen molar-refractivity contribution < 1.29 is 10.5 Å². The van der Waals surface area contributed by atoms with Crippen molar-refractivity contribution in [2.45, 2.75) is 26.2 Å². The average molecular weight is 229 g/mol. The summed E-state index contributed by atoms with van der Waals surface area (Å²) in [4.78, 5) is 0. The largest absolute Gasteiger partial charge is 0.492 e. The first-order valence-corrected chi connectivity index (χ1v) is 5.86. The zero-order valence-corrected chi connectivity index (χ0v) is 10.0. The maximum Gasteiger partial charge on any atom is 0.137 e. The Hall–Kier alpha value is -0.730. The zero-order chi connectivity index (χ0) is 11.1. The van der Waals surface area contributed by atoms with Crippen molar-refractivity contribution in [3.8, 4) is 5.75 Å². The molecule has 0 spiro atoms. The maximum atomic E-state index is 6.10. The fourth-order valence-electron chi connectivity index (χ4n) is 1.35. The molecule has 84 valence electrons. The molecule has 1 aromatic carbocycles. The Morgan fingerprint density at radius 1 is 1.40 bits per heavy atom. The molecule has 1 rings (SSSR count). The van der Waals surface area contributed by atoms with Gasteiger partial charge >= 0.3 is 0 Å². The van der Waals surface area contributed by atoms with E-state index in [9.17, 15) is 0 Å². The lowest BCUT2D eigenvalue weighted by Crippen LogP contribution is -2.51. The molecule has 0 radical (unpaired) electrons. The summed E-state index contributed by atoms with van der Waals surface area (Å²) in [7, 11) is 0. The minimum Gasteiger partial charge on any atom is -0.492 e. The van der Waals surface area contributed by atoms with Crippen molar-refractivity contribution in [1.82, 2.24) is 0 Å². The number of hydrogen-bond acceptors (Lipinski definition) is 1. The quantitative estimate of drug-likeness (QED) is 0.746. The Kier molecular flexibility index (Phi) is 5.51. The van der Waals surface area contributed by atoms with E-state index in [0.717, 1.165) is 38.2 Å². The van der Waals surface area contributed by atoms with E-state index >= 15 is 0 Å². The Bertz CT molecular complexity index is 302. The smallest absolute Gasteiger partial charge is 0.137 e. The number of ether oxygens (including phenoxy) is 1. The van der Waals surface area contributed by atoms with E-state index in [1.807, 2.05) is 12.1 Å². The Morgan fingerprint density at radius 2 is 2.20 bits per heavy atom. The third kappa shape index (κ3) is 4.10. The molecule has 2 nitrogen and oxygen atoms in total. The van der Waals surface area contributed by atoms with Gasteiger partial charge < -0.3 is 10.5 Å². The normalized spacial score (nSPS) is 10.3. The lowest BCUT2D eigenvalue weighted by molar-refractivity contribution is -0.366. The minimum absolute atomic E-state index is 0.706. The first kappa shape index (κ1) is 12.3. The molecule has 0 unspecified atom stereocenters. The highest BCUT2D eigenvalue weighted by molar-refractivity contribution is 6.32. The molecule has 15 heavy (non-hydrogen) atoms. The lowest BCUT2D eigenvalue weighted by atomic mass is 10.1. The molecule has 0 amide bonds. The van der Waals surface area contributed by atoms with E-state index in [4.69, 9.17) is 16.3 Å². The molecule has 0 aliphatic carbocycles. The number of quaternary nitrogens is 1. The molecule has 0 fully saturated rings. The first-order valence-electron chi connectivity index (χ1n) is 5.48. The average Bonchev–Trinajstić information content (AvgIpc) is 2.22. The Morgan fingerprint density at radius 3 is 2.80 bits per heavy atom. The van der Waals surface area contributed by atoms with Crippen LogP contribution in [0.2, 0.25) is 5.02 Å². The van der Waals surface area contributed by atoms with Gasteiger partial charge in [0.15, 0.2) is 0 Å². The van der Waals surface area contributed by atoms with Crippen molar-refractivity contribution in [3.63, 3.8) is 0 Å². The third-order valence-corrected chi connectivity index (χ3v) is 2.51. The highest BCUT2D eigenvalue weighted by Crippen LogP contribution is 2.25. The van der Waals surface area contributed by atoms with Gasteiger partial charge in [-0.25, -0.2) is 0 Å². The second-order valence-electron chi connectivity index (χ2n) is 3.57. The minimum atomic E-state index is 0.706. The lowest BCUT2D eigenvalue weighted by Gasteiger charge is -2.08. The van der Waals surface area contributed by atoms with Gasteiger partial charge in [-0.2, -0.15) is 0 Å². The van der Waals surface area contributed by atoms with Gasteiger partial charge in [0.25, 0.3) is 0 Å². The van der Waals surface area contributed by atoms with Gasteiger partial charge in [-0.3, -0.25) is 0 Å². The van der Waals surface area contributed by atoms with Crippen molar-refractivity contribution in [1.29, 1.82) is 0 Å². The van der Waals surface area contributed by atoms with Gasteiger partial charge in [0, 0.05) is 6.42 Å². The second kappa shape index (κ2) is 6.70. The third-order valence-electron chi connectivity index (χ3n) is 2.22. The van der Waals surface area contributed by atoms with Crippen LogP contribution >= 0.6 is 11.6 Å². The van der Waals surface area contributed by atoms with E-state index in [-0.39, 0.29) is 0 Å². The molecule has 3 N–H and O–H groups in total. The van der Waals surface area contributed by atoms with Gasteiger partial charge in [-0.15, -0.1) is 0 Å². The Labute approximate surface area is 96.4 Å². The van der Waals surface area contributed by atoms with E-state index < -0.39 is 0 Å². The number of hydrogen-bond donors (Lipinski definition) is 1. The van der Waals surface area contributed by atoms with E-state index in [1.165, 1.54) is 5.56 Å². The summed E-state index contributed by atoms with van der Waals surface area (Å²) in [5.74, 6) is 0.790. The SMILES string of the molecule is CCCCOc1ccc(CC[NH3+])cc1Cl. The van der Waals surface area contributed by atoms with Crippen molar-refractivity contribution in [3.05, 3.63) is 28.8 Å².